The molecule has 164 valence electrons. The molecule has 9 nitrogen and oxygen atoms in total. The summed E-state index contributed by atoms with van der Waals surface area (Å²) in [4.78, 5) is 21.7. The van der Waals surface area contributed by atoms with E-state index in [0.717, 1.165) is 31.1 Å². The van der Waals surface area contributed by atoms with Gasteiger partial charge in [-0.3, -0.25) is 4.79 Å². The van der Waals surface area contributed by atoms with E-state index in [2.05, 4.69) is 25.3 Å². The van der Waals surface area contributed by atoms with Crippen molar-refractivity contribution in [3.63, 3.8) is 0 Å². The number of aromatic nitrogens is 2. The van der Waals surface area contributed by atoms with Gasteiger partial charge in [0.15, 0.2) is 0 Å². The highest BCUT2D eigenvalue weighted by Gasteiger charge is 2.25. The second-order valence-corrected chi connectivity index (χ2v) is 10.3. The van der Waals surface area contributed by atoms with Crippen molar-refractivity contribution in [2.45, 2.75) is 57.2 Å². The maximum atomic E-state index is 12.7. The number of hydrogen-bond acceptors (Lipinski definition) is 7. The lowest BCUT2D eigenvalue weighted by molar-refractivity contribution is 0.0871. The number of aliphatic hydroxyl groups is 1. The van der Waals surface area contributed by atoms with Gasteiger partial charge < -0.3 is 15.7 Å². The van der Waals surface area contributed by atoms with Gasteiger partial charge in [0, 0.05) is 23.7 Å². The molecule has 0 atom stereocenters. The number of aliphatic hydroxyl groups excluding tert-OH is 1. The highest BCUT2D eigenvalue weighted by molar-refractivity contribution is 7.88. The lowest BCUT2D eigenvalue weighted by Crippen LogP contribution is -2.46. The van der Waals surface area contributed by atoms with E-state index >= 15 is 0 Å². The first-order chi connectivity index (χ1) is 14.1. The summed E-state index contributed by atoms with van der Waals surface area (Å²) >= 11 is 0. The van der Waals surface area contributed by atoms with E-state index in [-0.39, 0.29) is 24.6 Å². The quantitative estimate of drug-likeness (QED) is 0.517. The van der Waals surface area contributed by atoms with Gasteiger partial charge in [-0.2, -0.15) is 0 Å². The van der Waals surface area contributed by atoms with E-state index in [1.165, 1.54) is 6.26 Å². The standard InChI is InChI=1S/C20H29N5O4S/c1-20(2,12-26)24-18(27)16-6-4-5-13-11-21-19(23-17(13)16)22-14-7-9-15(10-8-14)25-30(3,28)29/h4-6,11,14-15,25-26H,7-10,12H2,1-3H3,(H,24,27)(H,21,22,23)/t14-,15-. The topological polar surface area (TPSA) is 133 Å². The van der Waals surface area contributed by atoms with Gasteiger partial charge in [0.1, 0.15) is 0 Å². The molecule has 4 N–H and O–H groups in total. The minimum Gasteiger partial charge on any atom is -0.394 e. The fourth-order valence-electron chi connectivity index (χ4n) is 3.56. The summed E-state index contributed by atoms with van der Waals surface area (Å²) in [5, 5.41) is 16.3. The number of carbonyl (C=O) groups is 1. The van der Waals surface area contributed by atoms with Crippen LogP contribution in [0.25, 0.3) is 10.9 Å². The number of rotatable bonds is 7. The van der Waals surface area contributed by atoms with Crippen LogP contribution in [0.5, 0.6) is 0 Å². The number of fused-ring (bicyclic) bond motifs is 1. The predicted molar refractivity (Wildman–Crippen MR) is 116 cm³/mol. The SMILES string of the molecule is CC(C)(CO)NC(=O)c1cccc2cnc(N[C@H]3CC[C@H](NS(C)(=O)=O)CC3)nc12. The maximum Gasteiger partial charge on any atom is 0.253 e. The van der Waals surface area contributed by atoms with Crippen molar-refractivity contribution in [2.75, 3.05) is 18.2 Å². The molecule has 0 bridgehead atoms. The van der Waals surface area contributed by atoms with Crippen LogP contribution in [0, 0.1) is 0 Å². The molecule has 1 aromatic heterocycles. The third-order valence-electron chi connectivity index (χ3n) is 5.14. The molecule has 1 aromatic carbocycles. The molecule has 0 spiro atoms. The molecule has 1 aliphatic carbocycles. The Kier molecular flexibility index (Phi) is 6.59. The Hall–Kier alpha value is -2.30. The van der Waals surface area contributed by atoms with Gasteiger partial charge in [0.2, 0.25) is 16.0 Å². The van der Waals surface area contributed by atoms with Crippen molar-refractivity contribution in [1.82, 2.24) is 20.0 Å². The number of benzene rings is 1. The second kappa shape index (κ2) is 8.83. The van der Waals surface area contributed by atoms with Crippen molar-refractivity contribution in [3.05, 3.63) is 30.0 Å². The van der Waals surface area contributed by atoms with E-state index in [4.69, 9.17) is 0 Å². The van der Waals surface area contributed by atoms with Crippen molar-refractivity contribution < 1.29 is 18.3 Å². The Morgan fingerprint density at radius 1 is 1.20 bits per heavy atom. The van der Waals surface area contributed by atoms with Gasteiger partial charge in [-0.25, -0.2) is 23.1 Å². The van der Waals surface area contributed by atoms with Crippen LogP contribution in [0.1, 0.15) is 49.9 Å². The third-order valence-corrected chi connectivity index (χ3v) is 5.91. The van der Waals surface area contributed by atoms with Gasteiger partial charge in [-0.05, 0) is 45.6 Å². The zero-order chi connectivity index (χ0) is 21.9. The van der Waals surface area contributed by atoms with Crippen LogP contribution in [0.3, 0.4) is 0 Å². The minimum absolute atomic E-state index is 0.0410. The monoisotopic (exact) mass is 435 g/mol. The summed E-state index contributed by atoms with van der Waals surface area (Å²) < 4.78 is 25.5. The van der Waals surface area contributed by atoms with Crippen molar-refractivity contribution in [3.8, 4) is 0 Å². The largest absolute Gasteiger partial charge is 0.394 e. The summed E-state index contributed by atoms with van der Waals surface area (Å²) in [6, 6.07) is 5.41. The lowest BCUT2D eigenvalue weighted by Gasteiger charge is -2.29. The van der Waals surface area contributed by atoms with Crippen LogP contribution in [-0.4, -0.2) is 59.9 Å². The Morgan fingerprint density at radius 2 is 1.87 bits per heavy atom. The van der Waals surface area contributed by atoms with E-state index < -0.39 is 15.6 Å². The van der Waals surface area contributed by atoms with Crippen molar-refractivity contribution in [1.29, 1.82) is 0 Å². The molecular formula is C20H29N5O4S. The molecule has 2 aromatic rings. The van der Waals surface area contributed by atoms with Gasteiger partial charge >= 0.3 is 0 Å². The average molecular weight is 436 g/mol. The number of sulfonamides is 1. The van der Waals surface area contributed by atoms with Gasteiger partial charge in [-0.15, -0.1) is 0 Å². The lowest BCUT2D eigenvalue weighted by atomic mass is 9.92. The minimum atomic E-state index is -3.20. The van der Waals surface area contributed by atoms with Crippen LogP contribution < -0.4 is 15.4 Å². The molecule has 0 radical (unpaired) electrons. The smallest absolute Gasteiger partial charge is 0.253 e. The van der Waals surface area contributed by atoms with Crippen LogP contribution in [0.2, 0.25) is 0 Å². The number of anilines is 1. The van der Waals surface area contributed by atoms with Crippen molar-refractivity contribution >= 4 is 32.8 Å². The molecule has 1 aliphatic rings. The number of amides is 1. The molecular weight excluding hydrogens is 406 g/mol. The molecule has 1 saturated carbocycles. The zero-order valence-corrected chi connectivity index (χ0v) is 18.3. The summed E-state index contributed by atoms with van der Waals surface area (Å²) in [5.74, 6) is 0.125. The first kappa shape index (κ1) is 22.4. The van der Waals surface area contributed by atoms with Gasteiger partial charge in [-0.1, -0.05) is 12.1 Å². The van der Waals surface area contributed by atoms with Gasteiger partial charge in [0.25, 0.3) is 5.91 Å². The highest BCUT2D eigenvalue weighted by atomic mass is 32.2. The number of hydrogen-bond donors (Lipinski definition) is 4. The molecule has 0 saturated heterocycles. The number of carbonyl (C=O) groups excluding carboxylic acids is 1. The summed E-state index contributed by atoms with van der Waals surface area (Å²) in [7, 11) is -3.20. The molecule has 3 rings (SSSR count). The molecule has 0 unspecified atom stereocenters. The second-order valence-electron chi connectivity index (χ2n) is 8.52. The first-order valence-electron chi connectivity index (χ1n) is 9.99. The van der Waals surface area contributed by atoms with E-state index in [1.54, 1.807) is 32.2 Å². The van der Waals surface area contributed by atoms with Crippen LogP contribution in [0.15, 0.2) is 24.4 Å². The first-order valence-corrected chi connectivity index (χ1v) is 11.9. The molecule has 1 heterocycles. The van der Waals surface area contributed by atoms with Crippen molar-refractivity contribution in [2.24, 2.45) is 0 Å². The molecule has 10 heteroatoms. The molecule has 30 heavy (non-hydrogen) atoms. The summed E-state index contributed by atoms with van der Waals surface area (Å²) in [5.41, 5.74) is 0.209. The summed E-state index contributed by atoms with van der Waals surface area (Å²) in [6.07, 6.45) is 5.92. The Bertz CT molecular complexity index is 1020. The third kappa shape index (κ3) is 5.87. The number of nitrogens with one attached hydrogen (secondary N) is 3. The van der Waals surface area contributed by atoms with E-state index in [1.807, 2.05) is 6.07 Å². The van der Waals surface area contributed by atoms with Crippen LogP contribution >= 0.6 is 0 Å². The Labute approximate surface area is 176 Å². The highest BCUT2D eigenvalue weighted by Crippen LogP contribution is 2.23. The van der Waals surface area contributed by atoms with E-state index in [0.29, 0.717) is 17.0 Å². The molecule has 1 fully saturated rings. The van der Waals surface area contributed by atoms with Crippen LogP contribution in [-0.2, 0) is 10.0 Å². The Morgan fingerprint density at radius 3 is 2.50 bits per heavy atom. The normalized spacial score (nSPS) is 20.1. The molecule has 0 aliphatic heterocycles. The average Bonchev–Trinajstić information content (AvgIpc) is 2.67. The fourth-order valence-corrected chi connectivity index (χ4v) is 4.40. The van der Waals surface area contributed by atoms with E-state index in [9.17, 15) is 18.3 Å². The number of para-hydroxylation sites is 1. The van der Waals surface area contributed by atoms with Gasteiger partial charge in [0.05, 0.1) is 29.5 Å². The maximum absolute atomic E-state index is 12.7. The fraction of sp³-hybridized carbons (Fsp3) is 0.550. The van der Waals surface area contributed by atoms with Crippen LogP contribution in [0.4, 0.5) is 5.95 Å². The molecule has 1 amide bonds. The Balaban J connectivity index is 1.73. The zero-order valence-electron chi connectivity index (χ0n) is 17.5. The predicted octanol–water partition coefficient (Wildman–Crippen LogP) is 1.40. The number of nitrogens with zero attached hydrogens (tertiary/aromatic N) is 2. The summed E-state index contributed by atoms with van der Waals surface area (Å²) in [6.45, 7) is 3.31.